The number of rotatable bonds is 6. The Labute approximate surface area is 161 Å². The van der Waals surface area contributed by atoms with Crippen molar-refractivity contribution in [2.75, 3.05) is 7.11 Å². The lowest BCUT2D eigenvalue weighted by molar-refractivity contribution is 0.0489. The molecule has 8 heteroatoms. The van der Waals surface area contributed by atoms with E-state index in [9.17, 15) is 14.8 Å². The molecule has 4 N–H and O–H groups in total. The number of alkyl carbamates (subject to hydrolysis) is 1. The Morgan fingerprint density at radius 3 is 2.37 bits per heavy atom. The maximum absolute atomic E-state index is 11.9. The molecule has 0 aromatic heterocycles. The number of benzene rings is 1. The minimum absolute atomic E-state index is 0.139. The van der Waals surface area contributed by atoms with Gasteiger partial charge in [0, 0.05) is 24.2 Å². The minimum Gasteiger partial charge on any atom is -0.496 e. The van der Waals surface area contributed by atoms with E-state index in [-0.39, 0.29) is 12.1 Å². The molecule has 1 fully saturated rings. The molecule has 0 saturated heterocycles. The first-order valence-corrected chi connectivity index (χ1v) is 9.44. The monoisotopic (exact) mass is 378 g/mol. The van der Waals surface area contributed by atoms with Gasteiger partial charge in [0.15, 0.2) is 0 Å². The minimum atomic E-state index is -1.50. The molecule has 1 aromatic carbocycles. The Kier molecular flexibility index (Phi) is 7.53. The summed E-state index contributed by atoms with van der Waals surface area (Å²) in [5, 5.41) is 25.1. The smallest absolute Gasteiger partial charge is 0.488 e. The second-order valence-corrected chi connectivity index (χ2v) is 8.02. The lowest BCUT2D eigenvalue weighted by atomic mass is 9.79. The van der Waals surface area contributed by atoms with E-state index in [2.05, 4.69) is 10.6 Å². The number of ether oxygens (including phenoxy) is 2. The molecule has 1 aliphatic carbocycles. The Bertz CT molecular complexity index is 625. The Morgan fingerprint density at radius 1 is 1.19 bits per heavy atom. The molecule has 0 aliphatic heterocycles. The molecule has 1 amide bonds. The molecule has 150 valence electrons. The average molecular weight is 378 g/mol. The molecule has 0 radical (unpaired) electrons. The molecule has 1 saturated carbocycles. The first-order valence-electron chi connectivity index (χ1n) is 9.44. The molecule has 0 heterocycles. The number of carbonyl (C=O) groups is 1. The summed E-state index contributed by atoms with van der Waals surface area (Å²) < 4.78 is 10.7. The molecule has 0 atom stereocenters. The summed E-state index contributed by atoms with van der Waals surface area (Å²) in [6.07, 6.45) is 3.33. The SMILES string of the molecule is COc1ccc(B(O)O)cc1CNC1CCC(NC(=O)OC(C)(C)C)CC1. The van der Waals surface area contributed by atoms with E-state index in [1.807, 2.05) is 20.8 Å². The zero-order valence-corrected chi connectivity index (χ0v) is 16.6. The standard InChI is InChI=1S/C19H31BN2O5/c1-19(2,3)27-18(23)22-16-8-6-15(7-9-16)21-12-13-11-14(20(24)25)5-10-17(13)26-4/h5,10-11,15-16,21,24-25H,6-9,12H2,1-4H3,(H,22,23). The van der Waals surface area contributed by atoms with Gasteiger partial charge in [-0.3, -0.25) is 0 Å². The molecule has 0 unspecified atom stereocenters. The third kappa shape index (κ3) is 7.05. The lowest BCUT2D eigenvalue weighted by Gasteiger charge is -2.30. The fraction of sp³-hybridized carbons (Fsp3) is 0.632. The predicted molar refractivity (Wildman–Crippen MR) is 105 cm³/mol. The summed E-state index contributed by atoms with van der Waals surface area (Å²) >= 11 is 0. The van der Waals surface area contributed by atoms with Crippen LogP contribution < -0.4 is 20.8 Å². The van der Waals surface area contributed by atoms with E-state index in [1.165, 1.54) is 0 Å². The molecule has 1 aliphatic rings. The molecule has 0 bridgehead atoms. The fourth-order valence-corrected chi connectivity index (χ4v) is 3.27. The third-order valence-electron chi connectivity index (χ3n) is 4.63. The van der Waals surface area contributed by atoms with Gasteiger partial charge in [0.05, 0.1) is 7.11 Å². The Morgan fingerprint density at radius 2 is 1.81 bits per heavy atom. The van der Waals surface area contributed by atoms with Crippen LogP contribution in [0.2, 0.25) is 0 Å². The van der Waals surface area contributed by atoms with Crippen molar-refractivity contribution < 1.29 is 24.3 Å². The fourth-order valence-electron chi connectivity index (χ4n) is 3.27. The Hall–Kier alpha value is -1.77. The van der Waals surface area contributed by atoms with Gasteiger partial charge in [0.25, 0.3) is 0 Å². The van der Waals surface area contributed by atoms with E-state index >= 15 is 0 Å². The van der Waals surface area contributed by atoms with Crippen molar-refractivity contribution in [3.05, 3.63) is 23.8 Å². The van der Waals surface area contributed by atoms with Crippen molar-refractivity contribution in [2.24, 2.45) is 0 Å². The van der Waals surface area contributed by atoms with Gasteiger partial charge in [-0.2, -0.15) is 0 Å². The number of methoxy groups -OCH3 is 1. The molecular weight excluding hydrogens is 347 g/mol. The molecule has 7 nitrogen and oxygen atoms in total. The van der Waals surface area contributed by atoms with Crippen LogP contribution in [0.3, 0.4) is 0 Å². The largest absolute Gasteiger partial charge is 0.496 e. The van der Waals surface area contributed by atoms with Gasteiger partial charge < -0.3 is 30.2 Å². The first kappa shape index (κ1) is 21.5. The van der Waals surface area contributed by atoms with Crippen LogP contribution in [-0.4, -0.2) is 48.1 Å². The highest BCUT2D eigenvalue weighted by atomic mass is 16.6. The molecular formula is C19H31BN2O5. The van der Waals surface area contributed by atoms with Gasteiger partial charge in [-0.25, -0.2) is 4.79 Å². The summed E-state index contributed by atoms with van der Waals surface area (Å²) in [5.74, 6) is 0.715. The molecule has 0 spiro atoms. The summed E-state index contributed by atoms with van der Waals surface area (Å²) in [5.41, 5.74) is 0.841. The highest BCUT2D eigenvalue weighted by molar-refractivity contribution is 6.58. The van der Waals surface area contributed by atoms with Crippen LogP contribution in [0.5, 0.6) is 5.75 Å². The van der Waals surface area contributed by atoms with E-state index in [0.29, 0.717) is 23.8 Å². The van der Waals surface area contributed by atoms with E-state index in [4.69, 9.17) is 9.47 Å². The highest BCUT2D eigenvalue weighted by Gasteiger charge is 2.25. The van der Waals surface area contributed by atoms with Crippen LogP contribution in [0, 0.1) is 0 Å². The van der Waals surface area contributed by atoms with Crippen LogP contribution in [-0.2, 0) is 11.3 Å². The normalized spacial score (nSPS) is 20.1. The van der Waals surface area contributed by atoms with Gasteiger partial charge in [0.2, 0.25) is 0 Å². The topological polar surface area (TPSA) is 100 Å². The number of hydrogen-bond donors (Lipinski definition) is 4. The van der Waals surface area contributed by atoms with Gasteiger partial charge in [-0.05, 0) is 58.0 Å². The van der Waals surface area contributed by atoms with Crippen molar-refractivity contribution in [1.82, 2.24) is 10.6 Å². The van der Waals surface area contributed by atoms with Crippen molar-refractivity contribution >= 4 is 18.7 Å². The van der Waals surface area contributed by atoms with Gasteiger partial charge in [-0.15, -0.1) is 0 Å². The maximum atomic E-state index is 11.9. The van der Waals surface area contributed by atoms with Crippen LogP contribution in [0.4, 0.5) is 4.79 Å². The zero-order chi connectivity index (χ0) is 20.0. The van der Waals surface area contributed by atoms with Crippen LogP contribution in [0.15, 0.2) is 18.2 Å². The number of carbonyl (C=O) groups excluding carboxylic acids is 1. The maximum Gasteiger partial charge on any atom is 0.488 e. The summed E-state index contributed by atoms with van der Waals surface area (Å²) in [6, 6.07) is 5.61. The van der Waals surface area contributed by atoms with Crippen LogP contribution in [0.1, 0.15) is 52.0 Å². The van der Waals surface area contributed by atoms with E-state index in [1.54, 1.807) is 25.3 Å². The van der Waals surface area contributed by atoms with E-state index in [0.717, 1.165) is 31.2 Å². The quantitative estimate of drug-likeness (QED) is 0.557. The summed E-state index contributed by atoms with van der Waals surface area (Å²) in [6.45, 7) is 6.14. The predicted octanol–water partition coefficient (Wildman–Crippen LogP) is 1.30. The lowest BCUT2D eigenvalue weighted by Crippen LogP contribution is -2.43. The number of hydrogen-bond acceptors (Lipinski definition) is 6. The second kappa shape index (κ2) is 9.44. The molecule has 27 heavy (non-hydrogen) atoms. The summed E-state index contributed by atoms with van der Waals surface area (Å²) in [4.78, 5) is 11.9. The zero-order valence-electron chi connectivity index (χ0n) is 16.6. The van der Waals surface area contributed by atoms with Crippen molar-refractivity contribution in [3.63, 3.8) is 0 Å². The number of amides is 1. The van der Waals surface area contributed by atoms with E-state index < -0.39 is 12.7 Å². The van der Waals surface area contributed by atoms with Crippen LogP contribution >= 0.6 is 0 Å². The molecule has 1 aromatic rings. The highest BCUT2D eigenvalue weighted by Crippen LogP contribution is 2.21. The second-order valence-electron chi connectivity index (χ2n) is 8.02. The van der Waals surface area contributed by atoms with Crippen LogP contribution in [0.25, 0.3) is 0 Å². The Balaban J connectivity index is 1.81. The van der Waals surface area contributed by atoms with Crippen molar-refractivity contribution in [2.45, 2.75) is 70.7 Å². The first-order chi connectivity index (χ1) is 12.7. The molecule has 2 rings (SSSR count). The third-order valence-corrected chi connectivity index (χ3v) is 4.63. The average Bonchev–Trinajstić information content (AvgIpc) is 2.59. The number of nitrogens with one attached hydrogen (secondary N) is 2. The summed E-state index contributed by atoms with van der Waals surface area (Å²) in [7, 11) is 0.102. The van der Waals surface area contributed by atoms with Gasteiger partial charge in [0.1, 0.15) is 11.4 Å². The van der Waals surface area contributed by atoms with Crippen molar-refractivity contribution in [1.29, 1.82) is 0 Å². The van der Waals surface area contributed by atoms with Crippen molar-refractivity contribution in [3.8, 4) is 5.75 Å². The van der Waals surface area contributed by atoms with Gasteiger partial charge in [-0.1, -0.05) is 12.1 Å². The van der Waals surface area contributed by atoms with Gasteiger partial charge >= 0.3 is 13.2 Å².